The van der Waals surface area contributed by atoms with Crippen LogP contribution in [0.4, 0.5) is 0 Å². The van der Waals surface area contributed by atoms with Crippen molar-refractivity contribution in [2.24, 2.45) is 0 Å². The van der Waals surface area contributed by atoms with Crippen molar-refractivity contribution in [3.05, 3.63) is 29.0 Å². The van der Waals surface area contributed by atoms with Crippen LogP contribution in [0.25, 0.3) is 11.0 Å². The Kier molecular flexibility index (Phi) is 4.59. The minimum Gasteiger partial charge on any atom is -0.361 e. The fourth-order valence-corrected chi connectivity index (χ4v) is 2.65. The monoisotopic (exact) mass is 293 g/mol. The summed E-state index contributed by atoms with van der Waals surface area (Å²) in [6, 6.07) is 5.07. The average molecular weight is 294 g/mol. The van der Waals surface area contributed by atoms with E-state index in [2.05, 4.69) is 18.1 Å². The first-order valence-electron chi connectivity index (χ1n) is 6.24. The first-order chi connectivity index (χ1) is 9.13. The van der Waals surface area contributed by atoms with E-state index in [-0.39, 0.29) is 0 Å². The number of nitrogens with zero attached hydrogens (tertiary/aromatic N) is 3. The molecule has 0 spiro atoms. The lowest BCUT2D eigenvalue weighted by Gasteiger charge is -2.08. The molecule has 0 radical (unpaired) electrons. The van der Waals surface area contributed by atoms with Gasteiger partial charge in [-0.15, -0.1) is 0 Å². The zero-order chi connectivity index (χ0) is 13.8. The molecule has 100 valence electrons. The quantitative estimate of drug-likeness (QED) is 0.629. The first kappa shape index (κ1) is 14.1. The summed E-state index contributed by atoms with van der Waals surface area (Å²) in [5, 5.41) is 10.2. The Labute approximate surface area is 119 Å². The standard InChI is InChI=1S/C13H16ClN3OSi/c1-19(2)6-5-18-9-17-4-3-11-12(14)10(7-15)8-16-13(11)17/h3-4,8,19H,5-6,9H2,1-2H3. The summed E-state index contributed by atoms with van der Waals surface area (Å²) in [6.07, 6.45) is 3.39. The number of nitriles is 1. The molecule has 0 aliphatic rings. The van der Waals surface area contributed by atoms with Gasteiger partial charge in [-0.25, -0.2) is 4.98 Å². The average Bonchev–Trinajstić information content (AvgIpc) is 2.79. The Hall–Kier alpha value is -1.35. The third-order valence-electron chi connectivity index (χ3n) is 2.91. The fraction of sp³-hybridized carbons (Fsp3) is 0.385. The summed E-state index contributed by atoms with van der Waals surface area (Å²) in [4.78, 5) is 4.27. The van der Waals surface area contributed by atoms with Crippen molar-refractivity contribution in [3.63, 3.8) is 0 Å². The van der Waals surface area contributed by atoms with Crippen molar-refractivity contribution in [3.8, 4) is 6.07 Å². The van der Waals surface area contributed by atoms with Crippen LogP contribution in [0.1, 0.15) is 5.56 Å². The second kappa shape index (κ2) is 6.20. The van der Waals surface area contributed by atoms with Gasteiger partial charge in [-0.2, -0.15) is 5.26 Å². The number of halogens is 1. The number of hydrogen-bond donors (Lipinski definition) is 0. The Morgan fingerprint density at radius 3 is 3.00 bits per heavy atom. The van der Waals surface area contributed by atoms with E-state index < -0.39 is 8.80 Å². The van der Waals surface area contributed by atoms with E-state index in [9.17, 15) is 0 Å². The van der Waals surface area contributed by atoms with Crippen LogP contribution in [0.15, 0.2) is 18.5 Å². The summed E-state index contributed by atoms with van der Waals surface area (Å²) in [5.41, 5.74) is 1.16. The summed E-state index contributed by atoms with van der Waals surface area (Å²) in [7, 11) is -0.557. The van der Waals surface area contributed by atoms with E-state index in [1.807, 2.05) is 22.9 Å². The molecule has 0 unspecified atom stereocenters. The molecule has 4 nitrogen and oxygen atoms in total. The molecule has 2 rings (SSSR count). The summed E-state index contributed by atoms with van der Waals surface area (Å²) in [5.74, 6) is 0. The molecule has 0 aliphatic carbocycles. The van der Waals surface area contributed by atoms with E-state index in [1.54, 1.807) is 0 Å². The lowest BCUT2D eigenvalue weighted by molar-refractivity contribution is 0.0902. The minimum absolute atomic E-state index is 0.402. The summed E-state index contributed by atoms with van der Waals surface area (Å²) < 4.78 is 7.55. The number of ether oxygens (including phenoxy) is 1. The van der Waals surface area contributed by atoms with Crippen molar-refractivity contribution < 1.29 is 4.74 Å². The van der Waals surface area contributed by atoms with Crippen LogP contribution in [-0.4, -0.2) is 25.0 Å². The van der Waals surface area contributed by atoms with Gasteiger partial charge in [-0.1, -0.05) is 24.7 Å². The highest BCUT2D eigenvalue weighted by Gasteiger charge is 2.10. The number of pyridine rings is 1. The number of rotatable bonds is 5. The van der Waals surface area contributed by atoms with Crippen LogP contribution in [0.2, 0.25) is 24.2 Å². The van der Waals surface area contributed by atoms with Gasteiger partial charge in [0.2, 0.25) is 0 Å². The molecule has 2 aromatic rings. The topological polar surface area (TPSA) is 50.8 Å². The predicted octanol–water partition coefficient (Wildman–Crippen LogP) is 3.02. The maximum absolute atomic E-state index is 8.91. The second-order valence-electron chi connectivity index (χ2n) is 4.84. The van der Waals surface area contributed by atoms with E-state index in [1.165, 1.54) is 12.2 Å². The SMILES string of the molecule is C[SiH](C)CCOCn1ccc2c(Cl)c(C#N)cnc21. The molecule has 0 bridgehead atoms. The van der Waals surface area contributed by atoms with Crippen LogP contribution >= 0.6 is 11.6 Å². The molecular weight excluding hydrogens is 278 g/mol. The van der Waals surface area contributed by atoms with E-state index >= 15 is 0 Å². The van der Waals surface area contributed by atoms with Gasteiger partial charge in [0.1, 0.15) is 18.4 Å². The van der Waals surface area contributed by atoms with E-state index in [0.29, 0.717) is 17.3 Å². The minimum atomic E-state index is -0.557. The molecule has 0 saturated carbocycles. The molecule has 6 heteroatoms. The second-order valence-corrected chi connectivity index (χ2v) is 8.58. The maximum Gasteiger partial charge on any atom is 0.143 e. The highest BCUT2D eigenvalue weighted by molar-refractivity contribution is 6.55. The van der Waals surface area contributed by atoms with Crippen molar-refractivity contribution in [1.29, 1.82) is 5.26 Å². The highest BCUT2D eigenvalue weighted by atomic mass is 35.5. The van der Waals surface area contributed by atoms with Gasteiger partial charge < -0.3 is 9.30 Å². The number of hydrogen-bond acceptors (Lipinski definition) is 3. The molecule has 2 aromatic heterocycles. The van der Waals surface area contributed by atoms with Gasteiger partial charge in [0.15, 0.2) is 0 Å². The third-order valence-corrected chi connectivity index (χ3v) is 4.71. The molecule has 2 heterocycles. The van der Waals surface area contributed by atoms with Crippen LogP contribution in [0, 0.1) is 11.3 Å². The van der Waals surface area contributed by atoms with E-state index in [0.717, 1.165) is 17.6 Å². The van der Waals surface area contributed by atoms with Crippen LogP contribution in [0.3, 0.4) is 0 Å². The van der Waals surface area contributed by atoms with E-state index in [4.69, 9.17) is 21.6 Å². The van der Waals surface area contributed by atoms with Crippen LogP contribution < -0.4 is 0 Å². The molecule has 0 aromatic carbocycles. The third kappa shape index (κ3) is 3.15. The van der Waals surface area contributed by atoms with Crippen LogP contribution in [-0.2, 0) is 11.5 Å². The molecule has 0 amide bonds. The Morgan fingerprint density at radius 1 is 1.53 bits per heavy atom. The molecule has 0 atom stereocenters. The maximum atomic E-state index is 8.91. The highest BCUT2D eigenvalue weighted by Crippen LogP contribution is 2.25. The summed E-state index contributed by atoms with van der Waals surface area (Å²) in [6.45, 7) is 5.87. The van der Waals surface area contributed by atoms with Crippen molar-refractivity contribution in [2.45, 2.75) is 25.9 Å². The zero-order valence-electron chi connectivity index (χ0n) is 11.1. The largest absolute Gasteiger partial charge is 0.361 e. The normalized spacial score (nSPS) is 11.1. The molecule has 19 heavy (non-hydrogen) atoms. The molecular formula is C13H16ClN3OSi. The first-order valence-corrected chi connectivity index (χ1v) is 9.75. The van der Waals surface area contributed by atoms with Crippen molar-refractivity contribution in [1.82, 2.24) is 9.55 Å². The van der Waals surface area contributed by atoms with Gasteiger partial charge in [0, 0.05) is 33.2 Å². The van der Waals surface area contributed by atoms with Gasteiger partial charge in [-0.05, 0) is 12.1 Å². The summed E-state index contributed by atoms with van der Waals surface area (Å²) >= 11 is 6.15. The predicted molar refractivity (Wildman–Crippen MR) is 79.1 cm³/mol. The van der Waals surface area contributed by atoms with Gasteiger partial charge in [0.05, 0.1) is 10.6 Å². The van der Waals surface area contributed by atoms with Gasteiger partial charge in [0.25, 0.3) is 0 Å². The Morgan fingerprint density at radius 2 is 2.32 bits per heavy atom. The van der Waals surface area contributed by atoms with Gasteiger partial charge >= 0.3 is 0 Å². The molecule has 0 N–H and O–H groups in total. The Balaban J connectivity index is 2.13. The number of fused-ring (bicyclic) bond motifs is 1. The molecule has 0 saturated heterocycles. The van der Waals surface area contributed by atoms with Gasteiger partial charge in [-0.3, -0.25) is 0 Å². The molecule has 0 aliphatic heterocycles. The molecule has 0 fully saturated rings. The van der Waals surface area contributed by atoms with Crippen molar-refractivity contribution >= 4 is 31.4 Å². The van der Waals surface area contributed by atoms with Crippen molar-refractivity contribution in [2.75, 3.05) is 6.61 Å². The number of aromatic nitrogens is 2. The fourth-order valence-electron chi connectivity index (χ4n) is 1.77. The Bertz CT molecular complexity index is 618. The lowest BCUT2D eigenvalue weighted by Crippen LogP contribution is -2.08. The lowest BCUT2D eigenvalue weighted by atomic mass is 10.2. The van der Waals surface area contributed by atoms with Crippen LogP contribution in [0.5, 0.6) is 0 Å². The smallest absolute Gasteiger partial charge is 0.143 e. The zero-order valence-corrected chi connectivity index (χ0v) is 13.0.